The van der Waals surface area contributed by atoms with E-state index < -0.39 is 4.92 Å². The first-order chi connectivity index (χ1) is 15.7. The van der Waals surface area contributed by atoms with Gasteiger partial charge in [-0.25, -0.2) is 15.0 Å². The summed E-state index contributed by atoms with van der Waals surface area (Å²) < 4.78 is 0. The number of anilines is 3. The average Bonchev–Trinajstić information content (AvgIpc) is 3.29. The van der Waals surface area contributed by atoms with Crippen LogP contribution in [0.4, 0.5) is 22.5 Å². The molecule has 0 atom stereocenters. The fraction of sp³-hybridized carbons (Fsp3) is 0.696. The van der Waals surface area contributed by atoms with Crippen LogP contribution in [0.3, 0.4) is 0 Å². The third kappa shape index (κ3) is 10.3. The number of hydrogen-bond donors (Lipinski definition) is 2. The van der Waals surface area contributed by atoms with Crippen LogP contribution in [0, 0.1) is 10.1 Å². The Morgan fingerprint density at radius 2 is 1.41 bits per heavy atom. The van der Waals surface area contributed by atoms with Crippen LogP contribution in [-0.2, 0) is 0 Å². The molecule has 0 aliphatic heterocycles. The largest absolute Gasteiger partial charge is 0.364 e. The van der Waals surface area contributed by atoms with Gasteiger partial charge in [-0.2, -0.15) is 0 Å². The monoisotopic (exact) mass is 462 g/mol. The molecule has 32 heavy (non-hydrogen) atoms. The average molecular weight is 463 g/mol. The van der Waals surface area contributed by atoms with Crippen molar-refractivity contribution in [3.05, 3.63) is 28.0 Å². The van der Waals surface area contributed by atoms with E-state index in [9.17, 15) is 10.1 Å². The summed E-state index contributed by atoms with van der Waals surface area (Å²) in [4.78, 5) is 23.3. The van der Waals surface area contributed by atoms with E-state index in [1.807, 2.05) is 0 Å². The third-order valence-corrected chi connectivity index (χ3v) is 6.17. The van der Waals surface area contributed by atoms with Crippen molar-refractivity contribution in [2.75, 3.05) is 17.2 Å². The predicted octanol–water partition coefficient (Wildman–Crippen LogP) is 7.48. The summed E-state index contributed by atoms with van der Waals surface area (Å²) in [5.41, 5.74) is -0.145. The Bertz CT molecular complexity index is 757. The molecule has 0 aliphatic rings. The topological polar surface area (TPSA) is 106 Å². The number of hydrogen-bond acceptors (Lipinski definition) is 8. The molecule has 0 unspecified atom stereocenters. The summed E-state index contributed by atoms with van der Waals surface area (Å²) in [6.45, 7) is 2.92. The van der Waals surface area contributed by atoms with Gasteiger partial charge in [0.05, 0.1) is 4.92 Å². The van der Waals surface area contributed by atoms with E-state index in [0.717, 1.165) is 12.8 Å². The molecule has 0 fully saturated rings. The van der Waals surface area contributed by atoms with Gasteiger partial charge in [-0.15, -0.1) is 11.3 Å². The van der Waals surface area contributed by atoms with Gasteiger partial charge in [0.25, 0.3) is 0 Å². The van der Waals surface area contributed by atoms with E-state index in [0.29, 0.717) is 11.7 Å². The van der Waals surface area contributed by atoms with Crippen molar-refractivity contribution in [3.8, 4) is 0 Å². The van der Waals surface area contributed by atoms with Gasteiger partial charge in [-0.05, 0) is 6.42 Å². The van der Waals surface area contributed by atoms with Gasteiger partial charge in [0.2, 0.25) is 11.6 Å². The highest BCUT2D eigenvalue weighted by molar-refractivity contribution is 7.13. The Hall–Kier alpha value is -2.29. The second-order valence-corrected chi connectivity index (χ2v) is 9.06. The summed E-state index contributed by atoms with van der Waals surface area (Å²) in [5, 5.41) is 19.9. The lowest BCUT2D eigenvalue weighted by Crippen LogP contribution is -2.09. The van der Waals surface area contributed by atoms with Crippen LogP contribution >= 0.6 is 11.3 Å². The van der Waals surface area contributed by atoms with Gasteiger partial charge in [0.1, 0.15) is 6.33 Å². The zero-order valence-electron chi connectivity index (χ0n) is 19.4. The molecule has 0 aliphatic carbocycles. The number of nitro groups is 1. The predicted molar refractivity (Wildman–Crippen MR) is 133 cm³/mol. The maximum Gasteiger partial charge on any atom is 0.353 e. The Morgan fingerprint density at radius 1 is 0.844 bits per heavy atom. The molecule has 0 saturated carbocycles. The van der Waals surface area contributed by atoms with E-state index >= 15 is 0 Å². The zero-order chi connectivity index (χ0) is 22.9. The van der Waals surface area contributed by atoms with Crippen molar-refractivity contribution in [2.24, 2.45) is 0 Å². The van der Waals surface area contributed by atoms with Crippen LogP contribution in [0.1, 0.15) is 96.8 Å². The van der Waals surface area contributed by atoms with Gasteiger partial charge >= 0.3 is 5.69 Å². The maximum absolute atomic E-state index is 11.6. The molecule has 0 amide bonds. The van der Waals surface area contributed by atoms with E-state index in [-0.39, 0.29) is 17.3 Å². The molecule has 2 aromatic rings. The van der Waals surface area contributed by atoms with Crippen molar-refractivity contribution < 1.29 is 4.92 Å². The highest BCUT2D eigenvalue weighted by Crippen LogP contribution is 2.31. The molecular weight excluding hydrogens is 424 g/mol. The minimum atomic E-state index is -0.455. The highest BCUT2D eigenvalue weighted by atomic mass is 32.1. The molecule has 0 saturated heterocycles. The van der Waals surface area contributed by atoms with Crippen LogP contribution in [0.15, 0.2) is 17.9 Å². The lowest BCUT2D eigenvalue weighted by molar-refractivity contribution is -0.383. The van der Waals surface area contributed by atoms with Crippen molar-refractivity contribution in [2.45, 2.75) is 96.8 Å². The van der Waals surface area contributed by atoms with Crippen LogP contribution in [0.2, 0.25) is 0 Å². The van der Waals surface area contributed by atoms with Crippen molar-refractivity contribution in [1.29, 1.82) is 0 Å². The van der Waals surface area contributed by atoms with Crippen molar-refractivity contribution in [3.63, 3.8) is 0 Å². The SMILES string of the molecule is CCCCCCCCCCCCCCCCNc1ncnc(Nc2nccs2)c1[N+](=O)[O-]. The fourth-order valence-corrected chi connectivity index (χ4v) is 4.21. The lowest BCUT2D eigenvalue weighted by Gasteiger charge is -2.09. The first-order valence-electron chi connectivity index (χ1n) is 12.1. The number of thiazole rings is 1. The molecular formula is C23H38N6O2S. The molecule has 2 aromatic heterocycles. The Morgan fingerprint density at radius 3 is 1.94 bits per heavy atom. The molecule has 0 spiro atoms. The number of rotatable bonds is 19. The van der Waals surface area contributed by atoms with E-state index in [1.165, 1.54) is 94.7 Å². The minimum absolute atomic E-state index is 0.145. The quantitative estimate of drug-likeness (QED) is 0.127. The van der Waals surface area contributed by atoms with Crippen LogP contribution in [0.5, 0.6) is 0 Å². The standard InChI is InChI=1S/C23H38N6O2S/c1-2-3-4-5-6-7-8-9-10-11-12-13-14-15-16-24-21-20(29(30)31)22(27-19-26-21)28-23-25-17-18-32-23/h17-19H,2-16H2,1H3,(H2,24,25,26,27,28). The molecule has 0 aromatic carbocycles. The molecule has 0 bridgehead atoms. The summed E-state index contributed by atoms with van der Waals surface area (Å²) in [7, 11) is 0. The number of aromatic nitrogens is 3. The normalized spacial score (nSPS) is 10.9. The Labute approximate surface area is 195 Å². The summed E-state index contributed by atoms with van der Waals surface area (Å²) in [5.74, 6) is 0.405. The second kappa shape index (κ2) is 16.4. The smallest absolute Gasteiger partial charge is 0.353 e. The summed E-state index contributed by atoms with van der Waals surface area (Å²) in [6.07, 6.45) is 21.2. The molecule has 0 radical (unpaired) electrons. The Balaban J connectivity index is 1.55. The second-order valence-electron chi connectivity index (χ2n) is 8.16. The van der Waals surface area contributed by atoms with Gasteiger partial charge in [0.15, 0.2) is 5.13 Å². The molecule has 2 heterocycles. The highest BCUT2D eigenvalue weighted by Gasteiger charge is 2.23. The third-order valence-electron chi connectivity index (χ3n) is 5.49. The summed E-state index contributed by atoms with van der Waals surface area (Å²) >= 11 is 1.36. The van der Waals surface area contributed by atoms with E-state index in [2.05, 4.69) is 32.5 Å². The molecule has 178 valence electrons. The molecule has 9 heteroatoms. The van der Waals surface area contributed by atoms with Gasteiger partial charge in [-0.3, -0.25) is 10.1 Å². The van der Waals surface area contributed by atoms with Crippen LogP contribution in [0.25, 0.3) is 0 Å². The molecule has 2 rings (SSSR count). The van der Waals surface area contributed by atoms with Crippen molar-refractivity contribution >= 4 is 33.8 Å². The minimum Gasteiger partial charge on any atom is -0.364 e. The van der Waals surface area contributed by atoms with Crippen molar-refractivity contribution in [1.82, 2.24) is 15.0 Å². The van der Waals surface area contributed by atoms with E-state index in [4.69, 9.17) is 0 Å². The maximum atomic E-state index is 11.6. The number of unbranched alkanes of at least 4 members (excludes halogenated alkanes) is 13. The van der Waals surface area contributed by atoms with Gasteiger partial charge in [-0.1, -0.05) is 90.4 Å². The lowest BCUT2D eigenvalue weighted by atomic mass is 10.0. The molecule has 8 nitrogen and oxygen atoms in total. The van der Waals surface area contributed by atoms with Gasteiger partial charge in [0, 0.05) is 18.1 Å². The van der Waals surface area contributed by atoms with E-state index in [1.54, 1.807) is 11.6 Å². The number of nitrogens with zero attached hydrogens (tertiary/aromatic N) is 4. The van der Waals surface area contributed by atoms with Crippen LogP contribution in [-0.4, -0.2) is 26.4 Å². The zero-order valence-corrected chi connectivity index (χ0v) is 20.2. The fourth-order valence-electron chi connectivity index (χ4n) is 3.69. The summed E-state index contributed by atoms with van der Waals surface area (Å²) in [6, 6.07) is 0. The Kier molecular flexibility index (Phi) is 13.3. The number of nitrogens with one attached hydrogen (secondary N) is 2. The van der Waals surface area contributed by atoms with Crippen LogP contribution < -0.4 is 10.6 Å². The first kappa shape index (κ1) is 26.0. The van der Waals surface area contributed by atoms with Gasteiger partial charge < -0.3 is 10.6 Å². The molecule has 2 N–H and O–H groups in total. The first-order valence-corrected chi connectivity index (χ1v) is 13.0.